The van der Waals surface area contributed by atoms with Gasteiger partial charge in [0.25, 0.3) is 0 Å². The van der Waals surface area contributed by atoms with E-state index in [2.05, 4.69) is 0 Å². The maximum Gasteiger partial charge on any atom is 0.216 e. The molecule has 30 heavy (non-hydrogen) atoms. The van der Waals surface area contributed by atoms with E-state index in [4.69, 9.17) is 39.5 Å². The highest BCUT2D eigenvalue weighted by Gasteiger charge is 2.21. The number of sulfone groups is 1. The lowest BCUT2D eigenvalue weighted by atomic mass is 10.2. The molecule has 0 aliphatic rings. The SMILES string of the molecule is N#CC(=Cc1ccccc1OCc1ccc(Cl)cc1Cl)S(=O)(=O)c1ccc(Cl)cc1. The summed E-state index contributed by atoms with van der Waals surface area (Å²) in [6, 6.07) is 19.2. The summed E-state index contributed by atoms with van der Waals surface area (Å²) >= 11 is 17.9. The molecule has 0 heterocycles. The molecule has 0 radical (unpaired) electrons. The number of allylic oxidation sites excluding steroid dienone is 1. The Hall–Kier alpha value is -2.49. The van der Waals surface area contributed by atoms with Crippen LogP contribution in [0.3, 0.4) is 0 Å². The molecule has 0 unspecified atom stereocenters. The van der Waals surface area contributed by atoms with Crippen LogP contribution in [0.1, 0.15) is 11.1 Å². The monoisotopic (exact) mass is 477 g/mol. The van der Waals surface area contributed by atoms with Gasteiger partial charge in [-0.3, -0.25) is 0 Å². The summed E-state index contributed by atoms with van der Waals surface area (Å²) in [5, 5.41) is 10.9. The number of hydrogen-bond acceptors (Lipinski definition) is 4. The van der Waals surface area contributed by atoms with Crippen molar-refractivity contribution in [1.82, 2.24) is 0 Å². The number of ether oxygens (including phenoxy) is 1. The normalized spacial score (nSPS) is 11.7. The number of halogens is 3. The van der Waals surface area contributed by atoms with Gasteiger partial charge in [0.1, 0.15) is 23.3 Å². The van der Waals surface area contributed by atoms with Crippen LogP contribution in [0.25, 0.3) is 6.08 Å². The predicted molar refractivity (Wildman–Crippen MR) is 119 cm³/mol. The van der Waals surface area contributed by atoms with Gasteiger partial charge < -0.3 is 4.74 Å². The van der Waals surface area contributed by atoms with Gasteiger partial charge in [0.15, 0.2) is 0 Å². The molecular weight excluding hydrogens is 465 g/mol. The largest absolute Gasteiger partial charge is 0.488 e. The molecular formula is C22H14Cl3NO3S. The van der Waals surface area contributed by atoms with Crippen molar-refractivity contribution < 1.29 is 13.2 Å². The molecule has 3 aromatic carbocycles. The van der Waals surface area contributed by atoms with E-state index in [9.17, 15) is 13.7 Å². The lowest BCUT2D eigenvalue weighted by molar-refractivity contribution is 0.305. The van der Waals surface area contributed by atoms with Gasteiger partial charge in [-0.15, -0.1) is 0 Å². The third kappa shape index (κ3) is 5.16. The van der Waals surface area contributed by atoms with Crippen molar-refractivity contribution in [2.24, 2.45) is 0 Å². The lowest BCUT2D eigenvalue weighted by Gasteiger charge is -2.11. The van der Waals surface area contributed by atoms with Crippen LogP contribution >= 0.6 is 34.8 Å². The zero-order valence-corrected chi connectivity index (χ0v) is 18.4. The van der Waals surface area contributed by atoms with Crippen molar-refractivity contribution in [3.63, 3.8) is 0 Å². The summed E-state index contributed by atoms with van der Waals surface area (Å²) < 4.78 is 31.5. The van der Waals surface area contributed by atoms with E-state index >= 15 is 0 Å². The fraction of sp³-hybridized carbons (Fsp3) is 0.0455. The average molecular weight is 479 g/mol. The van der Waals surface area contributed by atoms with Crippen LogP contribution in [0.2, 0.25) is 15.1 Å². The third-order valence-corrected chi connectivity index (χ3v) is 6.65. The Morgan fingerprint density at radius 1 is 0.967 bits per heavy atom. The van der Waals surface area contributed by atoms with Crippen LogP contribution in [0.5, 0.6) is 5.75 Å². The van der Waals surface area contributed by atoms with Gasteiger partial charge in [0.2, 0.25) is 9.84 Å². The van der Waals surface area contributed by atoms with E-state index in [-0.39, 0.29) is 11.5 Å². The van der Waals surface area contributed by atoms with Crippen molar-refractivity contribution in [2.45, 2.75) is 11.5 Å². The van der Waals surface area contributed by atoms with Crippen LogP contribution in [-0.4, -0.2) is 8.42 Å². The molecule has 4 nitrogen and oxygen atoms in total. The molecule has 0 aliphatic heterocycles. The first kappa shape index (κ1) is 22.2. The van der Waals surface area contributed by atoms with Gasteiger partial charge >= 0.3 is 0 Å². The number of benzene rings is 3. The lowest BCUT2D eigenvalue weighted by Crippen LogP contribution is -2.04. The van der Waals surface area contributed by atoms with Crippen LogP contribution in [0.4, 0.5) is 0 Å². The van der Waals surface area contributed by atoms with Gasteiger partial charge in [-0.25, -0.2) is 8.42 Å². The first-order valence-electron chi connectivity index (χ1n) is 8.59. The molecule has 0 spiro atoms. The van der Waals surface area contributed by atoms with Gasteiger partial charge in [-0.05, 0) is 48.5 Å². The first-order chi connectivity index (χ1) is 14.3. The highest BCUT2D eigenvalue weighted by atomic mass is 35.5. The quantitative estimate of drug-likeness (QED) is 0.376. The van der Waals surface area contributed by atoms with Crippen molar-refractivity contribution in [1.29, 1.82) is 5.26 Å². The van der Waals surface area contributed by atoms with E-state index in [0.717, 1.165) is 0 Å². The summed E-state index contributed by atoms with van der Waals surface area (Å²) in [5.74, 6) is 0.405. The second-order valence-electron chi connectivity index (χ2n) is 6.14. The van der Waals surface area contributed by atoms with Crippen LogP contribution in [0, 0.1) is 11.3 Å². The molecule has 0 amide bonds. The highest BCUT2D eigenvalue weighted by Crippen LogP contribution is 2.28. The Morgan fingerprint density at radius 3 is 2.30 bits per heavy atom. The minimum absolute atomic E-state index is 0.0222. The standard InChI is InChI=1S/C22H14Cl3NO3S/c23-17-7-9-19(10-8-17)30(27,28)20(13-26)11-15-3-1-2-4-22(15)29-14-16-5-6-18(24)12-21(16)25/h1-12H,14H2. The van der Waals surface area contributed by atoms with E-state index in [1.54, 1.807) is 48.5 Å². The van der Waals surface area contributed by atoms with Crippen molar-refractivity contribution in [3.8, 4) is 11.8 Å². The number of rotatable bonds is 6. The molecule has 0 saturated heterocycles. The topological polar surface area (TPSA) is 67.2 Å². The zero-order valence-electron chi connectivity index (χ0n) is 15.3. The number of nitriles is 1. The molecule has 0 atom stereocenters. The average Bonchev–Trinajstić information content (AvgIpc) is 2.72. The van der Waals surface area contributed by atoms with Gasteiger partial charge in [-0.2, -0.15) is 5.26 Å². The smallest absolute Gasteiger partial charge is 0.216 e. The molecule has 0 aliphatic carbocycles. The maximum atomic E-state index is 12.8. The molecule has 152 valence electrons. The summed E-state index contributed by atoms with van der Waals surface area (Å²) in [6.45, 7) is 0.146. The molecule has 3 aromatic rings. The second-order valence-corrected chi connectivity index (χ2v) is 9.34. The molecule has 8 heteroatoms. The Kier molecular flexibility index (Phi) is 7.06. The van der Waals surface area contributed by atoms with Crippen LogP contribution in [-0.2, 0) is 16.4 Å². The van der Waals surface area contributed by atoms with E-state index < -0.39 is 14.7 Å². The summed E-state index contributed by atoms with van der Waals surface area (Å²) in [5.41, 5.74) is 1.16. The predicted octanol–water partition coefficient (Wildman–Crippen LogP) is 6.56. The van der Waals surface area contributed by atoms with E-state index in [0.29, 0.717) is 31.9 Å². The van der Waals surface area contributed by atoms with Crippen molar-refractivity contribution in [3.05, 3.63) is 97.8 Å². The Bertz CT molecular complexity index is 1250. The van der Waals surface area contributed by atoms with E-state index in [1.807, 2.05) is 0 Å². The Balaban J connectivity index is 1.92. The molecule has 0 N–H and O–H groups in total. The Labute approximate surface area is 189 Å². The minimum Gasteiger partial charge on any atom is -0.488 e. The second kappa shape index (κ2) is 9.55. The zero-order chi connectivity index (χ0) is 21.7. The fourth-order valence-electron chi connectivity index (χ4n) is 2.58. The number of hydrogen-bond donors (Lipinski definition) is 0. The summed E-state index contributed by atoms with van der Waals surface area (Å²) in [4.78, 5) is -0.434. The number of para-hydroxylation sites is 1. The van der Waals surface area contributed by atoms with Crippen LogP contribution < -0.4 is 4.74 Å². The molecule has 0 aromatic heterocycles. The molecule has 0 saturated carbocycles. The van der Waals surface area contributed by atoms with E-state index in [1.165, 1.54) is 30.3 Å². The fourth-order valence-corrected chi connectivity index (χ4v) is 4.32. The minimum atomic E-state index is -4.01. The van der Waals surface area contributed by atoms with Crippen molar-refractivity contribution in [2.75, 3.05) is 0 Å². The maximum absolute atomic E-state index is 12.8. The van der Waals surface area contributed by atoms with Gasteiger partial charge in [0, 0.05) is 26.2 Å². The molecule has 3 rings (SSSR count). The molecule has 0 bridgehead atoms. The number of nitrogens with zero attached hydrogens (tertiary/aromatic N) is 1. The van der Waals surface area contributed by atoms with Gasteiger partial charge in [0.05, 0.1) is 4.90 Å². The van der Waals surface area contributed by atoms with Crippen molar-refractivity contribution >= 4 is 50.7 Å². The summed E-state index contributed by atoms with van der Waals surface area (Å²) in [7, 11) is -4.01. The summed E-state index contributed by atoms with van der Waals surface area (Å²) in [6.07, 6.45) is 1.28. The molecule has 0 fully saturated rings. The highest BCUT2D eigenvalue weighted by molar-refractivity contribution is 7.95. The first-order valence-corrected chi connectivity index (χ1v) is 11.2. The van der Waals surface area contributed by atoms with Gasteiger partial charge in [-0.1, -0.05) is 59.1 Å². The van der Waals surface area contributed by atoms with Crippen LogP contribution in [0.15, 0.2) is 76.5 Å². The third-order valence-electron chi connectivity index (χ3n) is 4.13. The Morgan fingerprint density at radius 2 is 1.63 bits per heavy atom.